The van der Waals surface area contributed by atoms with Gasteiger partial charge in [0.25, 0.3) is 0 Å². The van der Waals surface area contributed by atoms with E-state index in [1.54, 1.807) is 0 Å². The lowest BCUT2D eigenvalue weighted by Gasteiger charge is -2.37. The van der Waals surface area contributed by atoms with Crippen molar-refractivity contribution in [3.05, 3.63) is 17.7 Å². The molecule has 19 heavy (non-hydrogen) atoms. The monoisotopic (exact) mass is 261 g/mol. The van der Waals surface area contributed by atoms with Gasteiger partial charge in [0.1, 0.15) is 0 Å². The van der Waals surface area contributed by atoms with Crippen LogP contribution in [0.5, 0.6) is 0 Å². The van der Waals surface area contributed by atoms with Crippen molar-refractivity contribution in [1.29, 1.82) is 0 Å². The van der Waals surface area contributed by atoms with E-state index in [-0.39, 0.29) is 18.1 Å². The Morgan fingerprint density at radius 3 is 2.68 bits per heavy atom. The zero-order valence-corrected chi connectivity index (χ0v) is 11.3. The number of amides is 1. The van der Waals surface area contributed by atoms with Crippen LogP contribution in [0, 0.1) is 0 Å². The van der Waals surface area contributed by atoms with E-state index in [1.807, 2.05) is 12.1 Å². The molecule has 2 aliphatic rings. The molecule has 2 aliphatic heterocycles. The maximum atomic E-state index is 11.4. The first kappa shape index (κ1) is 12.3. The zero-order chi connectivity index (χ0) is 13.6. The summed E-state index contributed by atoms with van der Waals surface area (Å²) in [5.74, 6) is 0.0373. The predicted octanol–water partition coefficient (Wildman–Crippen LogP) is 1.38. The van der Waals surface area contributed by atoms with E-state index in [9.17, 15) is 4.79 Å². The molecule has 0 aromatic heterocycles. The molecular weight excluding hydrogens is 242 g/mol. The van der Waals surface area contributed by atoms with Crippen LogP contribution >= 0.6 is 0 Å². The molecule has 3 N–H and O–H groups in total. The fraction of sp³-hybridized carbons (Fsp3) is 0.500. The zero-order valence-electron chi connectivity index (χ0n) is 11.3. The van der Waals surface area contributed by atoms with Gasteiger partial charge in [0.15, 0.2) is 0 Å². The standard InChI is InChI=1S/C14H19N3O2/c1-8-6-17(7-9(2)19-8)13-5-12-10(3-11(13)15)4-14(18)16-12/h3,5,8-9H,4,6-7,15H2,1-2H3,(H,16,18). The van der Waals surface area contributed by atoms with Gasteiger partial charge >= 0.3 is 0 Å². The molecule has 1 amide bonds. The van der Waals surface area contributed by atoms with Gasteiger partial charge in [-0.05, 0) is 31.5 Å². The van der Waals surface area contributed by atoms with Crippen molar-refractivity contribution in [3.63, 3.8) is 0 Å². The van der Waals surface area contributed by atoms with Crippen LogP contribution in [0.1, 0.15) is 19.4 Å². The number of carbonyl (C=O) groups is 1. The maximum absolute atomic E-state index is 11.4. The van der Waals surface area contributed by atoms with Crippen LogP contribution in [0.4, 0.5) is 17.1 Å². The maximum Gasteiger partial charge on any atom is 0.228 e. The molecule has 0 aliphatic carbocycles. The minimum Gasteiger partial charge on any atom is -0.397 e. The second-order valence-electron chi connectivity index (χ2n) is 5.46. The average Bonchev–Trinajstić information content (AvgIpc) is 2.65. The number of benzene rings is 1. The van der Waals surface area contributed by atoms with Crippen molar-refractivity contribution in [2.75, 3.05) is 29.0 Å². The van der Waals surface area contributed by atoms with Gasteiger partial charge in [-0.25, -0.2) is 0 Å². The number of morpholine rings is 1. The van der Waals surface area contributed by atoms with E-state index in [2.05, 4.69) is 24.1 Å². The molecule has 2 atom stereocenters. The van der Waals surface area contributed by atoms with Crippen LogP contribution < -0.4 is 16.0 Å². The molecule has 2 unspecified atom stereocenters. The van der Waals surface area contributed by atoms with Crippen molar-refractivity contribution in [2.24, 2.45) is 0 Å². The number of carbonyl (C=O) groups excluding carboxylic acids is 1. The van der Waals surface area contributed by atoms with Gasteiger partial charge in [-0.3, -0.25) is 4.79 Å². The van der Waals surface area contributed by atoms with Crippen LogP contribution in [0.2, 0.25) is 0 Å². The number of rotatable bonds is 1. The van der Waals surface area contributed by atoms with Gasteiger partial charge in [-0.2, -0.15) is 0 Å². The van der Waals surface area contributed by atoms with Crippen molar-refractivity contribution in [2.45, 2.75) is 32.5 Å². The Hall–Kier alpha value is -1.75. The van der Waals surface area contributed by atoms with Gasteiger partial charge in [0.05, 0.1) is 30.0 Å². The van der Waals surface area contributed by atoms with Crippen molar-refractivity contribution in [3.8, 4) is 0 Å². The Morgan fingerprint density at radius 1 is 1.32 bits per heavy atom. The summed E-state index contributed by atoms with van der Waals surface area (Å²) < 4.78 is 5.74. The van der Waals surface area contributed by atoms with E-state index >= 15 is 0 Å². The lowest BCUT2D eigenvalue weighted by atomic mass is 10.1. The summed E-state index contributed by atoms with van der Waals surface area (Å²) in [6.45, 7) is 5.77. The second kappa shape index (κ2) is 4.42. The van der Waals surface area contributed by atoms with Gasteiger partial charge in [0, 0.05) is 18.8 Å². The number of anilines is 3. The number of nitrogens with two attached hydrogens (primary N) is 1. The minimum absolute atomic E-state index is 0.0373. The van der Waals surface area contributed by atoms with Crippen LogP contribution in [-0.4, -0.2) is 31.2 Å². The molecule has 1 fully saturated rings. The molecule has 0 spiro atoms. The van der Waals surface area contributed by atoms with Crippen LogP contribution in [0.3, 0.4) is 0 Å². The molecule has 0 radical (unpaired) electrons. The van der Waals surface area contributed by atoms with Crippen molar-refractivity contribution < 1.29 is 9.53 Å². The largest absolute Gasteiger partial charge is 0.397 e. The third-order valence-electron chi connectivity index (χ3n) is 3.64. The van der Waals surface area contributed by atoms with E-state index in [0.717, 1.165) is 35.7 Å². The Morgan fingerprint density at radius 2 is 2.00 bits per heavy atom. The molecule has 0 saturated carbocycles. The van der Waals surface area contributed by atoms with Gasteiger partial charge in [-0.1, -0.05) is 0 Å². The quantitative estimate of drug-likeness (QED) is 0.749. The van der Waals surface area contributed by atoms with Crippen molar-refractivity contribution in [1.82, 2.24) is 0 Å². The first-order valence-electron chi connectivity index (χ1n) is 6.65. The van der Waals surface area contributed by atoms with E-state index in [4.69, 9.17) is 10.5 Å². The Labute approximate surface area is 112 Å². The third kappa shape index (κ3) is 2.26. The summed E-state index contributed by atoms with van der Waals surface area (Å²) in [6, 6.07) is 3.90. The molecule has 0 bridgehead atoms. The summed E-state index contributed by atoms with van der Waals surface area (Å²) in [5, 5.41) is 2.87. The summed E-state index contributed by atoms with van der Waals surface area (Å²) >= 11 is 0. The second-order valence-corrected chi connectivity index (χ2v) is 5.46. The van der Waals surface area contributed by atoms with Crippen LogP contribution in [-0.2, 0) is 16.0 Å². The fourth-order valence-electron chi connectivity index (χ4n) is 2.93. The number of ether oxygens (including phenoxy) is 1. The number of nitrogens with zero attached hydrogens (tertiary/aromatic N) is 1. The SMILES string of the molecule is CC1CN(c2cc3c(cc2N)CC(=O)N3)CC(C)O1. The number of nitrogen functional groups attached to an aromatic ring is 1. The minimum atomic E-state index is 0.0373. The molecule has 1 aromatic carbocycles. The molecule has 5 nitrogen and oxygen atoms in total. The summed E-state index contributed by atoms with van der Waals surface area (Å²) in [6.07, 6.45) is 0.799. The Kier molecular flexibility index (Phi) is 2.86. The highest BCUT2D eigenvalue weighted by molar-refractivity contribution is 6.00. The highest BCUT2D eigenvalue weighted by Gasteiger charge is 2.26. The van der Waals surface area contributed by atoms with E-state index in [1.165, 1.54) is 0 Å². The van der Waals surface area contributed by atoms with E-state index < -0.39 is 0 Å². The molecule has 3 rings (SSSR count). The summed E-state index contributed by atoms with van der Waals surface area (Å²) in [4.78, 5) is 13.7. The Balaban J connectivity index is 1.93. The highest BCUT2D eigenvalue weighted by atomic mass is 16.5. The molecule has 2 heterocycles. The van der Waals surface area contributed by atoms with Gasteiger partial charge in [-0.15, -0.1) is 0 Å². The first-order valence-corrected chi connectivity index (χ1v) is 6.65. The predicted molar refractivity (Wildman–Crippen MR) is 75.4 cm³/mol. The third-order valence-corrected chi connectivity index (χ3v) is 3.64. The molecule has 5 heteroatoms. The Bertz CT molecular complexity index is 520. The number of hydrogen-bond acceptors (Lipinski definition) is 4. The smallest absolute Gasteiger partial charge is 0.228 e. The lowest BCUT2D eigenvalue weighted by molar-refractivity contribution is -0.115. The number of nitrogens with one attached hydrogen (secondary N) is 1. The number of hydrogen-bond donors (Lipinski definition) is 2. The molecule has 1 aromatic rings. The molecular formula is C14H19N3O2. The first-order chi connectivity index (χ1) is 9.02. The van der Waals surface area contributed by atoms with Gasteiger partial charge < -0.3 is 20.7 Å². The van der Waals surface area contributed by atoms with E-state index in [0.29, 0.717) is 6.42 Å². The number of fused-ring (bicyclic) bond motifs is 1. The normalized spacial score (nSPS) is 26.2. The van der Waals surface area contributed by atoms with Crippen LogP contribution in [0.15, 0.2) is 12.1 Å². The van der Waals surface area contributed by atoms with Crippen LogP contribution in [0.25, 0.3) is 0 Å². The average molecular weight is 261 g/mol. The summed E-state index contributed by atoms with van der Waals surface area (Å²) in [7, 11) is 0. The molecule has 102 valence electrons. The fourth-order valence-corrected chi connectivity index (χ4v) is 2.93. The topological polar surface area (TPSA) is 67.6 Å². The van der Waals surface area contributed by atoms with Gasteiger partial charge in [0.2, 0.25) is 5.91 Å². The summed E-state index contributed by atoms with van der Waals surface area (Å²) in [5.41, 5.74) is 9.74. The lowest BCUT2D eigenvalue weighted by Crippen LogP contribution is -2.45. The highest BCUT2D eigenvalue weighted by Crippen LogP contribution is 2.34. The molecule has 1 saturated heterocycles. The van der Waals surface area contributed by atoms with Crippen molar-refractivity contribution >= 4 is 23.0 Å².